The number of aromatic nitrogens is 4. The number of aromatic amines is 2. The highest BCUT2D eigenvalue weighted by molar-refractivity contribution is 6.02. The van der Waals surface area contributed by atoms with Crippen molar-refractivity contribution in [1.29, 1.82) is 0 Å². The first-order chi connectivity index (χ1) is 25.1. The molecule has 0 amide bonds. The quantitative estimate of drug-likeness (QED) is 0.142. The summed E-state index contributed by atoms with van der Waals surface area (Å²) in [5.74, 6) is 0. The van der Waals surface area contributed by atoms with Crippen LogP contribution in [0.3, 0.4) is 0 Å². The molecule has 0 fully saturated rings. The molecule has 5 heterocycles. The summed E-state index contributed by atoms with van der Waals surface area (Å²) >= 11 is 0. The number of H-pyrrole nitrogens is 2. The molecule has 0 saturated heterocycles. The van der Waals surface area contributed by atoms with E-state index in [4.69, 9.17) is 9.97 Å². The van der Waals surface area contributed by atoms with E-state index in [0.717, 1.165) is 61.4 Å². The van der Waals surface area contributed by atoms with Gasteiger partial charge in [0.15, 0.2) is 0 Å². The molecule has 3 aromatic heterocycles. The predicted octanol–water partition coefficient (Wildman–Crippen LogP) is 11.2. The van der Waals surface area contributed by atoms with Gasteiger partial charge in [-0.3, -0.25) is 10.1 Å². The van der Waals surface area contributed by atoms with Crippen molar-refractivity contribution >= 4 is 52.1 Å². The first-order valence-electron chi connectivity index (χ1n) is 16.7. The summed E-state index contributed by atoms with van der Waals surface area (Å²) < 4.78 is 0. The number of nitro groups is 1. The minimum atomic E-state index is -0.328. The summed E-state index contributed by atoms with van der Waals surface area (Å²) in [6.45, 7) is 0. The molecule has 0 aliphatic carbocycles. The Bertz CT molecular complexity index is 2690. The Morgan fingerprint density at radius 1 is 0.431 bits per heavy atom. The average Bonchev–Trinajstić information content (AvgIpc) is 4.00. The van der Waals surface area contributed by atoms with Crippen LogP contribution < -0.4 is 0 Å². The van der Waals surface area contributed by atoms with Crippen LogP contribution in [0.15, 0.2) is 140 Å². The molecule has 0 unspecified atom stereocenters. The highest BCUT2D eigenvalue weighted by Gasteiger charge is 2.24. The van der Waals surface area contributed by atoms with E-state index in [-0.39, 0.29) is 10.6 Å². The molecule has 2 aliphatic rings. The van der Waals surface area contributed by atoms with E-state index in [0.29, 0.717) is 28.0 Å². The van der Waals surface area contributed by atoms with Gasteiger partial charge in [0, 0.05) is 39.4 Å². The van der Waals surface area contributed by atoms with Crippen molar-refractivity contribution in [1.82, 2.24) is 19.9 Å². The van der Waals surface area contributed by atoms with Crippen molar-refractivity contribution < 1.29 is 4.92 Å². The van der Waals surface area contributed by atoms with Crippen LogP contribution >= 0.6 is 0 Å². The smallest absolute Gasteiger partial charge is 0.295 e. The number of fused-ring (bicyclic) bond motifs is 8. The van der Waals surface area contributed by atoms with Crippen LogP contribution in [0.25, 0.3) is 90.9 Å². The summed E-state index contributed by atoms with van der Waals surface area (Å²) in [7, 11) is 0. The van der Waals surface area contributed by atoms with Crippen LogP contribution in [0.5, 0.6) is 0 Å². The van der Waals surface area contributed by atoms with Crippen LogP contribution in [0.1, 0.15) is 22.8 Å². The molecule has 2 aliphatic heterocycles. The van der Waals surface area contributed by atoms with Crippen molar-refractivity contribution in [2.75, 3.05) is 0 Å². The summed E-state index contributed by atoms with van der Waals surface area (Å²) in [6.07, 6.45) is 7.94. The van der Waals surface area contributed by atoms with Gasteiger partial charge in [0.1, 0.15) is 5.52 Å². The van der Waals surface area contributed by atoms with Gasteiger partial charge in [0.2, 0.25) is 0 Å². The van der Waals surface area contributed by atoms with Gasteiger partial charge < -0.3 is 9.97 Å². The Hall–Kier alpha value is -7.12. The van der Waals surface area contributed by atoms with E-state index in [9.17, 15) is 10.1 Å². The number of nitrogens with one attached hydrogen (secondary N) is 2. The molecule has 2 N–H and O–H groups in total. The minimum Gasteiger partial charge on any atom is -0.354 e. The van der Waals surface area contributed by atoms with Gasteiger partial charge in [0.05, 0.1) is 33.2 Å². The predicted molar refractivity (Wildman–Crippen MR) is 207 cm³/mol. The standard InChI is InChI=1S/C44H29N5O2/c50-49(51)39-27-38-42(30-17-9-3-10-18-30)36-24-23-34(46-36)40(28-13-5-1-6-14-28)32-21-22-33(45-32)41(29-15-7-2-8-16-29)35-25-26-37(47-35)43(44(39)48-38)31-19-11-4-12-20-31/h1-27,45,48H. The van der Waals surface area contributed by atoms with Gasteiger partial charge in [-0.25, -0.2) is 9.97 Å². The van der Waals surface area contributed by atoms with E-state index in [2.05, 4.69) is 46.4 Å². The summed E-state index contributed by atoms with van der Waals surface area (Å²) in [5, 5.41) is 12.9. The molecule has 7 aromatic rings. The van der Waals surface area contributed by atoms with Gasteiger partial charge in [0.25, 0.3) is 5.69 Å². The first-order valence-corrected chi connectivity index (χ1v) is 16.7. The molecule has 8 bridgehead atoms. The van der Waals surface area contributed by atoms with E-state index in [1.165, 1.54) is 0 Å². The van der Waals surface area contributed by atoms with Crippen molar-refractivity contribution in [3.05, 3.63) is 172 Å². The number of rotatable bonds is 5. The van der Waals surface area contributed by atoms with Crippen molar-refractivity contribution in [3.8, 4) is 44.5 Å². The zero-order valence-corrected chi connectivity index (χ0v) is 27.2. The maximum absolute atomic E-state index is 12.9. The van der Waals surface area contributed by atoms with Crippen molar-refractivity contribution in [2.24, 2.45) is 0 Å². The molecule has 242 valence electrons. The molecule has 0 saturated carbocycles. The summed E-state index contributed by atoms with van der Waals surface area (Å²) in [6, 6.07) is 45.8. The molecule has 0 radical (unpaired) electrons. The van der Waals surface area contributed by atoms with Crippen LogP contribution in [0, 0.1) is 10.1 Å². The zero-order valence-electron chi connectivity index (χ0n) is 27.2. The second kappa shape index (κ2) is 12.4. The van der Waals surface area contributed by atoms with Crippen LogP contribution in [0.4, 0.5) is 5.69 Å². The Morgan fingerprint density at radius 3 is 1.18 bits per heavy atom. The van der Waals surface area contributed by atoms with Crippen molar-refractivity contribution in [2.45, 2.75) is 0 Å². The molecule has 0 atom stereocenters. The van der Waals surface area contributed by atoms with E-state index >= 15 is 0 Å². The van der Waals surface area contributed by atoms with Crippen LogP contribution in [-0.4, -0.2) is 24.9 Å². The Labute approximate surface area is 293 Å². The van der Waals surface area contributed by atoms with E-state index in [1.807, 2.05) is 121 Å². The van der Waals surface area contributed by atoms with E-state index in [1.54, 1.807) is 6.07 Å². The number of hydrogen-bond acceptors (Lipinski definition) is 4. The number of benzene rings is 4. The lowest BCUT2D eigenvalue weighted by Crippen LogP contribution is -1.91. The van der Waals surface area contributed by atoms with Gasteiger partial charge in [-0.15, -0.1) is 0 Å². The fraction of sp³-hybridized carbons (Fsp3) is 0. The second-order valence-corrected chi connectivity index (χ2v) is 12.4. The SMILES string of the molecule is O=[N+]([O-])c1cc2[nH]c1c(-c1ccccc1)c1nc(c(-c3ccccc3)c3ccc([nH]3)c(-c3ccccc3)c3nc(c2-c2ccccc2)C=C3)C=C1. The van der Waals surface area contributed by atoms with Gasteiger partial charge in [-0.1, -0.05) is 121 Å². The maximum Gasteiger partial charge on any atom is 0.295 e. The Balaban J connectivity index is 1.53. The van der Waals surface area contributed by atoms with Gasteiger partial charge in [-0.05, 0) is 58.7 Å². The molecule has 0 spiro atoms. The second-order valence-electron chi connectivity index (χ2n) is 12.4. The molecule has 7 heteroatoms. The average molecular weight is 660 g/mol. The maximum atomic E-state index is 12.9. The third-order valence-electron chi connectivity index (χ3n) is 9.29. The minimum absolute atomic E-state index is 0.0460. The lowest BCUT2D eigenvalue weighted by atomic mass is 10.0. The largest absolute Gasteiger partial charge is 0.354 e. The summed E-state index contributed by atoms with van der Waals surface area (Å²) in [5.41, 5.74) is 12.5. The normalized spacial score (nSPS) is 11.9. The monoisotopic (exact) mass is 659 g/mol. The fourth-order valence-corrected chi connectivity index (χ4v) is 7.04. The Morgan fingerprint density at radius 2 is 0.784 bits per heavy atom. The fourth-order valence-electron chi connectivity index (χ4n) is 7.04. The molecule has 51 heavy (non-hydrogen) atoms. The summed E-state index contributed by atoms with van der Waals surface area (Å²) in [4.78, 5) is 30.3. The van der Waals surface area contributed by atoms with Crippen LogP contribution in [0.2, 0.25) is 0 Å². The highest BCUT2D eigenvalue weighted by atomic mass is 16.6. The first kappa shape index (κ1) is 30.0. The topological polar surface area (TPSA) is 100 Å². The third kappa shape index (κ3) is 5.34. The highest BCUT2D eigenvalue weighted by Crippen LogP contribution is 2.40. The van der Waals surface area contributed by atoms with Gasteiger partial charge >= 0.3 is 0 Å². The molecular weight excluding hydrogens is 631 g/mol. The lowest BCUT2D eigenvalue weighted by Gasteiger charge is -2.06. The lowest BCUT2D eigenvalue weighted by molar-refractivity contribution is -0.382. The number of nitrogens with zero attached hydrogens (tertiary/aromatic N) is 3. The molecule has 4 aromatic carbocycles. The van der Waals surface area contributed by atoms with Gasteiger partial charge in [-0.2, -0.15) is 0 Å². The Kier molecular flexibility index (Phi) is 7.29. The van der Waals surface area contributed by atoms with Crippen molar-refractivity contribution in [3.63, 3.8) is 0 Å². The molecule has 7 nitrogen and oxygen atoms in total. The third-order valence-corrected chi connectivity index (χ3v) is 9.29. The zero-order chi connectivity index (χ0) is 34.3. The number of hydrogen-bond donors (Lipinski definition) is 2. The molecule has 9 rings (SSSR count). The van der Waals surface area contributed by atoms with Crippen LogP contribution in [-0.2, 0) is 0 Å². The van der Waals surface area contributed by atoms with E-state index < -0.39 is 0 Å². The molecular formula is C44H29N5O2.